The zero-order chi connectivity index (χ0) is 25.7. The molecule has 8 nitrogen and oxygen atoms in total. The smallest absolute Gasteiger partial charge is 0.272 e. The van der Waals surface area contributed by atoms with Crippen molar-refractivity contribution >= 4 is 32.6 Å². The molecule has 186 valence electrons. The summed E-state index contributed by atoms with van der Waals surface area (Å²) in [6.07, 6.45) is 2.06. The molecular weight excluding hydrogens is 541 g/mol. The molecule has 1 amide bonds. The number of aromatic amines is 1. The van der Waals surface area contributed by atoms with Gasteiger partial charge in [0.25, 0.3) is 11.5 Å². The van der Waals surface area contributed by atoms with E-state index in [0.29, 0.717) is 52.4 Å². The van der Waals surface area contributed by atoms with Crippen LogP contribution in [-0.4, -0.2) is 37.1 Å². The maximum atomic E-state index is 14.9. The van der Waals surface area contributed by atoms with Crippen molar-refractivity contribution in [3.05, 3.63) is 104 Å². The van der Waals surface area contributed by atoms with Crippen LogP contribution in [0.25, 0.3) is 22.2 Å². The van der Waals surface area contributed by atoms with Crippen LogP contribution in [0.3, 0.4) is 0 Å². The van der Waals surface area contributed by atoms with Crippen molar-refractivity contribution in [2.45, 2.75) is 25.9 Å². The fourth-order valence-electron chi connectivity index (χ4n) is 4.93. The van der Waals surface area contributed by atoms with E-state index in [2.05, 4.69) is 31.1 Å². The van der Waals surface area contributed by atoms with E-state index in [0.717, 1.165) is 11.1 Å². The largest absolute Gasteiger partial charge is 0.448 e. The van der Waals surface area contributed by atoms with Gasteiger partial charge in [-0.2, -0.15) is 5.10 Å². The van der Waals surface area contributed by atoms with Crippen LogP contribution in [0.5, 0.6) is 0 Å². The SMILES string of the molecule is CC1c2ncc(-c3ccc(Br)o3)n2CCN1C(=O)c1cc(Cc2n[nH]c(=O)c3ccccc23)ccc1F. The number of carbonyl (C=O) groups is 1. The summed E-state index contributed by atoms with van der Waals surface area (Å²) in [7, 11) is 0. The molecule has 2 aromatic carbocycles. The molecule has 0 aliphatic carbocycles. The first-order valence-corrected chi connectivity index (χ1v) is 12.6. The van der Waals surface area contributed by atoms with Crippen molar-refractivity contribution < 1.29 is 13.6 Å². The molecule has 0 saturated heterocycles. The maximum Gasteiger partial charge on any atom is 0.272 e. The molecule has 37 heavy (non-hydrogen) atoms. The van der Waals surface area contributed by atoms with Gasteiger partial charge in [0.15, 0.2) is 10.4 Å². The molecule has 0 radical (unpaired) electrons. The van der Waals surface area contributed by atoms with Gasteiger partial charge >= 0.3 is 0 Å². The number of hydrogen-bond donors (Lipinski definition) is 1. The molecule has 0 spiro atoms. The number of benzene rings is 2. The average Bonchev–Trinajstić information content (AvgIpc) is 3.53. The van der Waals surface area contributed by atoms with Crippen LogP contribution >= 0.6 is 15.9 Å². The summed E-state index contributed by atoms with van der Waals surface area (Å²) in [5.41, 5.74) is 1.91. The van der Waals surface area contributed by atoms with E-state index in [1.165, 1.54) is 6.07 Å². The highest BCUT2D eigenvalue weighted by Gasteiger charge is 2.32. The van der Waals surface area contributed by atoms with E-state index in [-0.39, 0.29) is 17.2 Å². The third-order valence-corrected chi connectivity index (χ3v) is 7.21. The van der Waals surface area contributed by atoms with E-state index in [1.54, 1.807) is 35.4 Å². The Labute approximate surface area is 218 Å². The number of imidazole rings is 1. The standard InChI is InChI=1S/C27H21BrFN5O3/c1-15-25-30-14-22(23-8-9-24(28)37-23)34(25)11-10-33(15)27(36)19-12-16(6-7-20(19)29)13-21-17-4-2-3-5-18(17)26(35)32-31-21/h2-9,12,14-15H,10-11,13H2,1H3,(H,32,35). The second-order valence-corrected chi connectivity index (χ2v) is 9.75. The Morgan fingerprint density at radius 2 is 1.97 bits per heavy atom. The quantitative estimate of drug-likeness (QED) is 0.329. The van der Waals surface area contributed by atoms with Crippen LogP contribution in [0.15, 0.2) is 74.7 Å². The minimum atomic E-state index is -0.588. The molecule has 0 fully saturated rings. The Morgan fingerprint density at radius 3 is 2.76 bits per heavy atom. The molecule has 1 aliphatic rings. The zero-order valence-corrected chi connectivity index (χ0v) is 21.3. The van der Waals surface area contributed by atoms with Crippen LogP contribution in [0.1, 0.15) is 40.4 Å². The zero-order valence-electron chi connectivity index (χ0n) is 19.7. The first-order chi connectivity index (χ1) is 17.9. The van der Waals surface area contributed by atoms with Gasteiger partial charge in [-0.15, -0.1) is 0 Å². The number of rotatable bonds is 4. The van der Waals surface area contributed by atoms with Crippen molar-refractivity contribution in [2.75, 3.05) is 6.54 Å². The summed E-state index contributed by atoms with van der Waals surface area (Å²) < 4.78 is 23.3. The van der Waals surface area contributed by atoms with Crippen LogP contribution in [-0.2, 0) is 13.0 Å². The predicted molar refractivity (Wildman–Crippen MR) is 139 cm³/mol. The third-order valence-electron chi connectivity index (χ3n) is 6.79. The number of carbonyl (C=O) groups excluding carboxylic acids is 1. The highest BCUT2D eigenvalue weighted by molar-refractivity contribution is 9.10. The highest BCUT2D eigenvalue weighted by atomic mass is 79.9. The third kappa shape index (κ3) is 4.07. The Bertz CT molecular complexity index is 1720. The normalized spacial score (nSPS) is 15.2. The van der Waals surface area contributed by atoms with Gasteiger partial charge < -0.3 is 13.9 Å². The Balaban J connectivity index is 1.29. The second kappa shape index (κ2) is 9.11. The molecular formula is C27H21BrFN5O3. The van der Waals surface area contributed by atoms with Gasteiger partial charge in [-0.3, -0.25) is 9.59 Å². The molecule has 3 aromatic heterocycles. The molecule has 1 unspecified atom stereocenters. The van der Waals surface area contributed by atoms with Gasteiger partial charge in [0.2, 0.25) is 0 Å². The molecule has 5 aromatic rings. The number of hydrogen-bond acceptors (Lipinski definition) is 5. The summed E-state index contributed by atoms with van der Waals surface area (Å²) in [5, 5.41) is 7.98. The monoisotopic (exact) mass is 561 g/mol. The summed E-state index contributed by atoms with van der Waals surface area (Å²) in [5.74, 6) is 0.403. The fraction of sp³-hybridized carbons (Fsp3) is 0.185. The summed E-state index contributed by atoms with van der Waals surface area (Å²) in [6.45, 7) is 2.79. The fourth-order valence-corrected chi connectivity index (χ4v) is 5.23. The van der Waals surface area contributed by atoms with Crippen LogP contribution in [0.4, 0.5) is 4.39 Å². The number of amides is 1. The van der Waals surface area contributed by atoms with Crippen molar-refractivity contribution in [1.29, 1.82) is 0 Å². The molecule has 1 atom stereocenters. The summed E-state index contributed by atoms with van der Waals surface area (Å²) in [4.78, 5) is 31.8. The Morgan fingerprint density at radius 1 is 1.16 bits per heavy atom. The van der Waals surface area contributed by atoms with Crippen molar-refractivity contribution in [1.82, 2.24) is 24.6 Å². The van der Waals surface area contributed by atoms with E-state index in [9.17, 15) is 14.0 Å². The number of halogens is 2. The van der Waals surface area contributed by atoms with Gasteiger partial charge in [0.1, 0.15) is 17.3 Å². The van der Waals surface area contributed by atoms with Gasteiger partial charge in [-0.1, -0.05) is 24.3 Å². The lowest BCUT2D eigenvalue weighted by atomic mass is 10.0. The van der Waals surface area contributed by atoms with E-state index < -0.39 is 11.7 Å². The van der Waals surface area contributed by atoms with E-state index >= 15 is 0 Å². The molecule has 1 aliphatic heterocycles. The predicted octanol–water partition coefficient (Wildman–Crippen LogP) is 5.09. The van der Waals surface area contributed by atoms with E-state index in [4.69, 9.17) is 4.42 Å². The first kappa shape index (κ1) is 23.4. The lowest BCUT2D eigenvalue weighted by Gasteiger charge is -2.34. The topological polar surface area (TPSA) is 97.0 Å². The van der Waals surface area contributed by atoms with Crippen LogP contribution < -0.4 is 5.56 Å². The van der Waals surface area contributed by atoms with E-state index in [1.807, 2.05) is 35.8 Å². The number of H-pyrrole nitrogens is 1. The molecule has 0 bridgehead atoms. The molecule has 10 heteroatoms. The number of nitrogens with one attached hydrogen (secondary N) is 1. The summed E-state index contributed by atoms with van der Waals surface area (Å²) in [6, 6.07) is 15.0. The van der Waals surface area contributed by atoms with Crippen molar-refractivity contribution in [2.24, 2.45) is 0 Å². The lowest BCUT2D eigenvalue weighted by Crippen LogP contribution is -2.41. The number of fused-ring (bicyclic) bond motifs is 2. The minimum Gasteiger partial charge on any atom is -0.448 e. The van der Waals surface area contributed by atoms with Crippen molar-refractivity contribution in [3.63, 3.8) is 0 Å². The van der Waals surface area contributed by atoms with Crippen LogP contribution in [0.2, 0.25) is 0 Å². The summed E-state index contributed by atoms with van der Waals surface area (Å²) >= 11 is 3.32. The number of nitrogens with zero attached hydrogens (tertiary/aromatic N) is 4. The van der Waals surface area contributed by atoms with Gasteiger partial charge in [0, 0.05) is 24.9 Å². The second-order valence-electron chi connectivity index (χ2n) is 8.97. The molecule has 0 saturated carbocycles. The van der Waals surface area contributed by atoms with Gasteiger partial charge in [-0.25, -0.2) is 14.5 Å². The van der Waals surface area contributed by atoms with Crippen molar-refractivity contribution in [3.8, 4) is 11.5 Å². The molecule has 6 rings (SSSR count). The first-order valence-electron chi connectivity index (χ1n) is 11.8. The maximum absolute atomic E-state index is 14.9. The molecule has 1 N–H and O–H groups in total. The Hall–Kier alpha value is -4.05. The molecule has 4 heterocycles. The number of aromatic nitrogens is 4. The lowest BCUT2D eigenvalue weighted by molar-refractivity contribution is 0.0633. The number of furan rings is 1. The minimum absolute atomic E-state index is 0.00623. The van der Waals surface area contributed by atoms with Crippen LogP contribution in [0, 0.1) is 5.82 Å². The van der Waals surface area contributed by atoms with Gasteiger partial charge in [0.05, 0.1) is 28.9 Å². The average molecular weight is 562 g/mol. The highest BCUT2D eigenvalue weighted by Crippen LogP contribution is 2.33. The Kier molecular flexibility index (Phi) is 5.75. The van der Waals surface area contributed by atoms with Gasteiger partial charge in [-0.05, 0) is 58.7 Å².